The summed E-state index contributed by atoms with van der Waals surface area (Å²) in [5.41, 5.74) is 12.7. The van der Waals surface area contributed by atoms with Gasteiger partial charge < -0.3 is 15.0 Å². The summed E-state index contributed by atoms with van der Waals surface area (Å²) >= 11 is 4.63. The molecule has 1 aromatic rings. The number of rotatable bonds is 5. The molecule has 0 saturated heterocycles. The van der Waals surface area contributed by atoms with Crippen LogP contribution in [0.4, 0.5) is 0 Å². The SMILES string of the molecule is CCOC1=CC(=[N+]=[N-])C(OCC)C(S)=C1c1ccc(C)cc1. The Morgan fingerprint density at radius 1 is 1.18 bits per heavy atom. The molecule has 22 heavy (non-hydrogen) atoms. The molecule has 1 aromatic carbocycles. The highest BCUT2D eigenvalue weighted by molar-refractivity contribution is 7.84. The molecular formula is C17H20N2O2S. The minimum atomic E-state index is -0.487. The first kappa shape index (κ1) is 16.6. The molecule has 0 saturated carbocycles. The Hall–Kier alpha value is -1.81. The number of nitrogens with zero attached hydrogens (tertiary/aromatic N) is 2. The van der Waals surface area contributed by atoms with Crippen molar-refractivity contribution in [1.29, 1.82) is 0 Å². The molecule has 5 heteroatoms. The Morgan fingerprint density at radius 3 is 2.41 bits per heavy atom. The summed E-state index contributed by atoms with van der Waals surface area (Å²) in [4.78, 5) is 4.01. The Morgan fingerprint density at radius 2 is 1.86 bits per heavy atom. The van der Waals surface area contributed by atoms with Crippen LogP contribution in [0.1, 0.15) is 25.0 Å². The van der Waals surface area contributed by atoms with Gasteiger partial charge in [0, 0.05) is 17.1 Å². The molecule has 1 unspecified atom stereocenters. The summed E-state index contributed by atoms with van der Waals surface area (Å²) in [7, 11) is 0. The van der Waals surface area contributed by atoms with Gasteiger partial charge in [-0.15, -0.1) is 12.6 Å². The van der Waals surface area contributed by atoms with E-state index in [9.17, 15) is 5.53 Å². The number of thiol groups is 1. The van der Waals surface area contributed by atoms with Gasteiger partial charge in [0.1, 0.15) is 5.76 Å². The van der Waals surface area contributed by atoms with Gasteiger partial charge in [-0.2, -0.15) is 4.79 Å². The topological polar surface area (TPSA) is 54.9 Å². The van der Waals surface area contributed by atoms with Gasteiger partial charge in [-0.3, -0.25) is 0 Å². The maximum absolute atomic E-state index is 9.24. The van der Waals surface area contributed by atoms with Crippen LogP contribution in [0.5, 0.6) is 0 Å². The van der Waals surface area contributed by atoms with Crippen LogP contribution in [0.25, 0.3) is 11.1 Å². The molecule has 0 aliphatic heterocycles. The van der Waals surface area contributed by atoms with Crippen LogP contribution in [0, 0.1) is 6.92 Å². The quantitative estimate of drug-likeness (QED) is 0.512. The van der Waals surface area contributed by atoms with Crippen molar-refractivity contribution in [2.45, 2.75) is 26.9 Å². The predicted molar refractivity (Wildman–Crippen MR) is 90.8 cm³/mol. The highest BCUT2D eigenvalue weighted by atomic mass is 32.1. The standard InChI is InChI=1S/C17H20N2O2S/c1-4-20-14-10-13(19-18)16(21-5-2)17(22)15(14)12-8-6-11(3)7-9-12/h6-10,16,22H,4-5H2,1-3H3. The highest BCUT2D eigenvalue weighted by Crippen LogP contribution is 2.36. The van der Waals surface area contributed by atoms with Crippen molar-refractivity contribution in [2.75, 3.05) is 13.2 Å². The fraction of sp³-hybridized carbons (Fsp3) is 0.353. The summed E-state index contributed by atoms with van der Waals surface area (Å²) in [5.74, 6) is 0.639. The molecule has 0 radical (unpaired) electrons. The maximum atomic E-state index is 9.24. The third-order valence-electron chi connectivity index (χ3n) is 3.39. The summed E-state index contributed by atoms with van der Waals surface area (Å²) in [6, 6.07) is 8.13. The Labute approximate surface area is 136 Å². The van der Waals surface area contributed by atoms with E-state index in [4.69, 9.17) is 9.47 Å². The van der Waals surface area contributed by atoms with E-state index in [0.717, 1.165) is 11.1 Å². The lowest BCUT2D eigenvalue weighted by Crippen LogP contribution is -2.29. The van der Waals surface area contributed by atoms with Crippen molar-refractivity contribution >= 4 is 23.9 Å². The van der Waals surface area contributed by atoms with Crippen LogP contribution in [0.3, 0.4) is 0 Å². The number of aryl methyl sites for hydroxylation is 1. The second-order valence-electron chi connectivity index (χ2n) is 4.93. The first-order valence-corrected chi connectivity index (χ1v) is 7.75. The van der Waals surface area contributed by atoms with Crippen molar-refractivity contribution in [3.63, 3.8) is 0 Å². The molecular weight excluding hydrogens is 296 g/mol. The third kappa shape index (κ3) is 3.33. The number of ether oxygens (including phenoxy) is 2. The third-order valence-corrected chi connectivity index (χ3v) is 3.85. The largest absolute Gasteiger partial charge is 0.493 e. The van der Waals surface area contributed by atoms with E-state index >= 15 is 0 Å². The van der Waals surface area contributed by atoms with Crippen LogP contribution >= 0.6 is 12.6 Å². The Balaban J connectivity index is 2.57. The number of allylic oxidation sites excluding steroid dienone is 1. The summed E-state index contributed by atoms with van der Waals surface area (Å²) < 4.78 is 11.4. The summed E-state index contributed by atoms with van der Waals surface area (Å²) in [5, 5.41) is 0. The lowest BCUT2D eigenvalue weighted by Gasteiger charge is -2.23. The number of hydrogen-bond acceptors (Lipinski definition) is 3. The molecule has 0 amide bonds. The van der Waals surface area contributed by atoms with E-state index in [0.29, 0.717) is 29.6 Å². The zero-order valence-corrected chi connectivity index (χ0v) is 13.9. The van der Waals surface area contributed by atoms with Crippen molar-refractivity contribution in [1.82, 2.24) is 0 Å². The number of hydrogen-bond donors (Lipinski definition) is 1. The van der Waals surface area contributed by atoms with Crippen LogP contribution in [0.2, 0.25) is 0 Å². The summed E-state index contributed by atoms with van der Waals surface area (Å²) in [6.45, 7) is 6.85. The highest BCUT2D eigenvalue weighted by Gasteiger charge is 2.34. The normalized spacial score (nSPS) is 18.1. The van der Waals surface area contributed by atoms with E-state index in [1.165, 1.54) is 5.56 Å². The molecule has 0 N–H and O–H groups in total. The molecule has 2 rings (SSSR count). The fourth-order valence-corrected chi connectivity index (χ4v) is 2.82. The fourth-order valence-electron chi connectivity index (χ4n) is 2.37. The minimum absolute atomic E-state index is 0.395. The van der Waals surface area contributed by atoms with Gasteiger partial charge in [0.15, 0.2) is 6.10 Å². The molecule has 0 fully saturated rings. The van der Waals surface area contributed by atoms with Gasteiger partial charge >= 0.3 is 5.71 Å². The van der Waals surface area contributed by atoms with Gasteiger partial charge in [-0.1, -0.05) is 29.8 Å². The molecule has 0 aromatic heterocycles. The molecule has 1 atom stereocenters. The van der Waals surface area contributed by atoms with Crippen LogP contribution in [-0.2, 0) is 9.47 Å². The zero-order chi connectivity index (χ0) is 16.1. The average molecular weight is 316 g/mol. The van der Waals surface area contributed by atoms with Gasteiger partial charge in [-0.05, 0) is 26.3 Å². The van der Waals surface area contributed by atoms with Crippen LogP contribution in [0.15, 0.2) is 41.0 Å². The Kier molecular flexibility index (Phi) is 5.61. The maximum Gasteiger partial charge on any atom is 0.329 e. The van der Waals surface area contributed by atoms with Gasteiger partial charge in [0.05, 0.1) is 12.7 Å². The lowest BCUT2D eigenvalue weighted by atomic mass is 9.94. The first-order valence-electron chi connectivity index (χ1n) is 7.30. The first-order chi connectivity index (χ1) is 10.6. The molecule has 1 aliphatic rings. The molecule has 1 aliphatic carbocycles. The Bertz CT molecular complexity index is 656. The van der Waals surface area contributed by atoms with E-state index < -0.39 is 6.10 Å². The van der Waals surface area contributed by atoms with E-state index in [-0.39, 0.29) is 0 Å². The zero-order valence-electron chi connectivity index (χ0n) is 13.0. The molecule has 0 bridgehead atoms. The van der Waals surface area contributed by atoms with Gasteiger partial charge in [-0.25, -0.2) is 0 Å². The smallest absolute Gasteiger partial charge is 0.329 e. The monoisotopic (exact) mass is 316 g/mol. The second kappa shape index (κ2) is 7.45. The van der Waals surface area contributed by atoms with E-state index in [2.05, 4.69) is 17.4 Å². The lowest BCUT2D eigenvalue weighted by molar-refractivity contribution is -0.0223. The van der Waals surface area contributed by atoms with Crippen molar-refractivity contribution in [3.05, 3.63) is 57.7 Å². The van der Waals surface area contributed by atoms with Crippen LogP contribution < -0.4 is 0 Å². The summed E-state index contributed by atoms with van der Waals surface area (Å²) in [6.07, 6.45) is 1.22. The molecule has 4 nitrogen and oxygen atoms in total. The predicted octanol–water partition coefficient (Wildman–Crippen LogP) is 3.65. The van der Waals surface area contributed by atoms with Crippen molar-refractivity contribution < 1.29 is 14.3 Å². The van der Waals surface area contributed by atoms with Gasteiger partial charge in [0.25, 0.3) is 0 Å². The van der Waals surface area contributed by atoms with Crippen LogP contribution in [-0.4, -0.2) is 29.8 Å². The van der Waals surface area contributed by atoms with Gasteiger partial charge in [0.2, 0.25) is 0 Å². The van der Waals surface area contributed by atoms with E-state index in [1.54, 1.807) is 6.08 Å². The number of benzene rings is 1. The van der Waals surface area contributed by atoms with Crippen molar-refractivity contribution in [2.24, 2.45) is 0 Å². The second-order valence-corrected chi connectivity index (χ2v) is 5.41. The minimum Gasteiger partial charge on any atom is -0.493 e. The van der Waals surface area contributed by atoms with Crippen molar-refractivity contribution in [3.8, 4) is 0 Å². The molecule has 0 heterocycles. The molecule has 0 spiro atoms. The average Bonchev–Trinajstić information content (AvgIpc) is 2.51. The molecule has 116 valence electrons. The van der Waals surface area contributed by atoms with E-state index in [1.807, 2.05) is 45.0 Å².